The van der Waals surface area contributed by atoms with Gasteiger partial charge in [-0.15, -0.1) is 0 Å². The first kappa shape index (κ1) is 27.5. The number of hydrogen-bond donors (Lipinski definition) is 1. The van der Waals surface area contributed by atoms with Crippen LogP contribution >= 0.6 is 11.6 Å². The van der Waals surface area contributed by atoms with Crippen LogP contribution in [0.2, 0.25) is 5.02 Å². The Morgan fingerprint density at radius 2 is 1.47 bits per heavy atom. The second kappa shape index (κ2) is 11.3. The molecule has 0 bridgehead atoms. The molecular weight excluding hydrogens is 524 g/mol. The third-order valence-electron chi connectivity index (χ3n) is 5.50. The number of methoxy groups -OCH3 is 1. The fourth-order valence-corrected chi connectivity index (χ4v) is 5.71. The Morgan fingerprint density at radius 3 is 1.97 bits per heavy atom. The number of benzene rings is 3. The van der Waals surface area contributed by atoms with E-state index in [0.717, 1.165) is 10.6 Å². The molecule has 36 heavy (non-hydrogen) atoms. The number of carbonyl (C=O) groups excluding carboxylic acids is 1. The topological polar surface area (TPSA) is 110 Å². The molecule has 3 rings (SSSR count). The number of sulfone groups is 1. The van der Waals surface area contributed by atoms with Crippen molar-refractivity contribution in [2.45, 2.75) is 29.2 Å². The van der Waals surface area contributed by atoms with Crippen LogP contribution in [0.5, 0.6) is 5.75 Å². The van der Waals surface area contributed by atoms with Gasteiger partial charge in [0.25, 0.3) is 10.0 Å². The Labute approximate surface area is 216 Å². The molecule has 1 amide bonds. The van der Waals surface area contributed by atoms with Crippen LogP contribution in [0.3, 0.4) is 0 Å². The van der Waals surface area contributed by atoms with Crippen molar-refractivity contribution in [3.05, 3.63) is 83.4 Å². The Balaban J connectivity index is 1.88. The standard InChI is InChI=1S/C25H27ClN2O6S2/c1-4-24(18-5-13-22(14-6-18)35(3,30)31)27-25(29)17-28(20-9-7-19(26)8-10-20)36(32,33)23-15-11-21(34-2)12-16-23/h5-16,24H,4,17H2,1-3H3,(H,27,29). The van der Waals surface area contributed by atoms with Crippen LogP contribution in [-0.4, -0.2) is 42.7 Å². The molecule has 1 N–H and O–H groups in total. The van der Waals surface area contributed by atoms with E-state index >= 15 is 0 Å². The SMILES string of the molecule is CCC(NC(=O)CN(c1ccc(Cl)cc1)S(=O)(=O)c1ccc(OC)cc1)c1ccc(S(C)(=O)=O)cc1. The Bertz CT molecular complexity index is 1410. The van der Waals surface area contributed by atoms with Crippen LogP contribution in [0.4, 0.5) is 5.69 Å². The molecule has 0 aliphatic heterocycles. The van der Waals surface area contributed by atoms with Gasteiger partial charge in [0.2, 0.25) is 5.91 Å². The average molecular weight is 551 g/mol. The third-order valence-corrected chi connectivity index (χ3v) is 8.67. The summed E-state index contributed by atoms with van der Waals surface area (Å²) < 4.78 is 56.6. The molecule has 0 fully saturated rings. The van der Waals surface area contributed by atoms with Gasteiger partial charge in [-0.1, -0.05) is 30.7 Å². The molecule has 1 atom stereocenters. The minimum atomic E-state index is -4.11. The van der Waals surface area contributed by atoms with Crippen LogP contribution in [0, 0.1) is 0 Å². The van der Waals surface area contributed by atoms with E-state index in [0.29, 0.717) is 22.8 Å². The van der Waals surface area contributed by atoms with Crippen molar-refractivity contribution in [2.24, 2.45) is 0 Å². The van der Waals surface area contributed by atoms with Gasteiger partial charge in [-0.05, 0) is 72.6 Å². The number of amides is 1. The second-order valence-corrected chi connectivity index (χ2v) is 12.3. The first-order chi connectivity index (χ1) is 17.0. The molecule has 3 aromatic carbocycles. The van der Waals surface area contributed by atoms with E-state index < -0.39 is 38.4 Å². The molecule has 8 nitrogen and oxygen atoms in total. The van der Waals surface area contributed by atoms with Crippen molar-refractivity contribution in [3.8, 4) is 5.75 Å². The summed E-state index contributed by atoms with van der Waals surface area (Å²) in [6.07, 6.45) is 1.63. The van der Waals surface area contributed by atoms with E-state index in [2.05, 4.69) is 5.32 Å². The molecule has 0 saturated carbocycles. The van der Waals surface area contributed by atoms with Crippen molar-refractivity contribution >= 4 is 43.1 Å². The van der Waals surface area contributed by atoms with Crippen molar-refractivity contribution in [1.29, 1.82) is 0 Å². The molecule has 1 unspecified atom stereocenters. The summed E-state index contributed by atoms with van der Waals surface area (Å²) in [4.78, 5) is 13.2. The molecule has 3 aromatic rings. The summed E-state index contributed by atoms with van der Waals surface area (Å²) in [5.41, 5.74) is 0.977. The van der Waals surface area contributed by atoms with Crippen LogP contribution in [0.15, 0.2) is 82.6 Å². The smallest absolute Gasteiger partial charge is 0.264 e. The maximum atomic E-state index is 13.5. The number of nitrogens with zero attached hydrogens (tertiary/aromatic N) is 1. The summed E-state index contributed by atoms with van der Waals surface area (Å²) in [7, 11) is -5.98. The van der Waals surface area contributed by atoms with E-state index in [4.69, 9.17) is 16.3 Å². The van der Waals surface area contributed by atoms with Gasteiger partial charge in [0, 0.05) is 11.3 Å². The molecule has 0 aromatic heterocycles. The molecular formula is C25H27ClN2O6S2. The minimum absolute atomic E-state index is 0.00513. The molecule has 0 radical (unpaired) electrons. The maximum absolute atomic E-state index is 13.5. The average Bonchev–Trinajstić information content (AvgIpc) is 2.86. The third kappa shape index (κ3) is 6.57. The molecule has 0 spiro atoms. The van der Waals surface area contributed by atoms with E-state index in [1.54, 1.807) is 24.3 Å². The Hall–Kier alpha value is -3.08. The highest BCUT2D eigenvalue weighted by atomic mass is 35.5. The molecule has 11 heteroatoms. The molecule has 0 heterocycles. The predicted molar refractivity (Wildman–Crippen MR) is 140 cm³/mol. The highest BCUT2D eigenvalue weighted by Gasteiger charge is 2.28. The Kier molecular flexibility index (Phi) is 8.65. The second-order valence-electron chi connectivity index (χ2n) is 8.03. The van der Waals surface area contributed by atoms with Gasteiger partial charge in [0.05, 0.1) is 28.6 Å². The first-order valence-electron chi connectivity index (χ1n) is 11.0. The van der Waals surface area contributed by atoms with Gasteiger partial charge in [0.1, 0.15) is 12.3 Å². The van der Waals surface area contributed by atoms with E-state index in [1.165, 1.54) is 55.6 Å². The minimum Gasteiger partial charge on any atom is -0.497 e. The lowest BCUT2D eigenvalue weighted by Gasteiger charge is -2.26. The summed E-state index contributed by atoms with van der Waals surface area (Å²) >= 11 is 5.98. The number of halogens is 1. The fourth-order valence-electron chi connectivity index (χ4n) is 3.54. The normalized spacial score (nSPS) is 12.6. The molecule has 192 valence electrons. The first-order valence-corrected chi connectivity index (χ1v) is 14.7. The number of ether oxygens (including phenoxy) is 1. The van der Waals surface area contributed by atoms with Crippen LogP contribution < -0.4 is 14.4 Å². The summed E-state index contributed by atoms with van der Waals surface area (Å²) in [5.74, 6) is -0.0292. The zero-order valence-corrected chi connectivity index (χ0v) is 22.4. The summed E-state index contributed by atoms with van der Waals surface area (Å²) in [6.45, 7) is 1.38. The van der Waals surface area contributed by atoms with Gasteiger partial charge in [0.15, 0.2) is 9.84 Å². The number of anilines is 1. The summed E-state index contributed by atoms with van der Waals surface area (Å²) in [5, 5.41) is 3.28. The fraction of sp³-hybridized carbons (Fsp3) is 0.240. The quantitative estimate of drug-likeness (QED) is 0.405. The van der Waals surface area contributed by atoms with Crippen LogP contribution in [0.25, 0.3) is 0 Å². The van der Waals surface area contributed by atoms with Gasteiger partial charge in [-0.3, -0.25) is 9.10 Å². The van der Waals surface area contributed by atoms with Gasteiger partial charge < -0.3 is 10.1 Å². The number of hydrogen-bond acceptors (Lipinski definition) is 6. The monoisotopic (exact) mass is 550 g/mol. The lowest BCUT2D eigenvalue weighted by Crippen LogP contribution is -2.42. The largest absolute Gasteiger partial charge is 0.497 e. The molecule has 0 aliphatic carbocycles. The zero-order valence-electron chi connectivity index (χ0n) is 20.0. The highest BCUT2D eigenvalue weighted by Crippen LogP contribution is 2.27. The number of sulfonamides is 1. The summed E-state index contributed by atoms with van der Waals surface area (Å²) in [6, 6.07) is 17.8. The lowest BCUT2D eigenvalue weighted by atomic mass is 10.0. The number of nitrogens with one attached hydrogen (secondary N) is 1. The maximum Gasteiger partial charge on any atom is 0.264 e. The van der Waals surface area contributed by atoms with Crippen molar-refractivity contribution in [3.63, 3.8) is 0 Å². The van der Waals surface area contributed by atoms with E-state index in [9.17, 15) is 21.6 Å². The highest BCUT2D eigenvalue weighted by molar-refractivity contribution is 7.93. The van der Waals surface area contributed by atoms with Gasteiger partial charge in [-0.2, -0.15) is 0 Å². The van der Waals surface area contributed by atoms with Crippen LogP contribution in [-0.2, 0) is 24.7 Å². The number of rotatable bonds is 10. The molecule has 0 aliphatic rings. The predicted octanol–water partition coefficient (Wildman–Crippen LogP) is 4.21. The molecule has 0 saturated heterocycles. The van der Waals surface area contributed by atoms with Crippen molar-refractivity contribution in [1.82, 2.24) is 5.32 Å². The van der Waals surface area contributed by atoms with Crippen LogP contribution in [0.1, 0.15) is 24.9 Å². The van der Waals surface area contributed by atoms with Gasteiger partial charge in [-0.25, -0.2) is 16.8 Å². The van der Waals surface area contributed by atoms with Gasteiger partial charge >= 0.3 is 0 Å². The van der Waals surface area contributed by atoms with E-state index in [1.807, 2.05) is 6.92 Å². The number of carbonyl (C=O) groups is 1. The van der Waals surface area contributed by atoms with Crippen molar-refractivity contribution < 1.29 is 26.4 Å². The zero-order chi connectivity index (χ0) is 26.5. The van der Waals surface area contributed by atoms with E-state index in [-0.39, 0.29) is 15.5 Å². The van der Waals surface area contributed by atoms with Crippen molar-refractivity contribution in [2.75, 3.05) is 24.2 Å². The lowest BCUT2D eigenvalue weighted by molar-refractivity contribution is -0.120. The Morgan fingerprint density at radius 1 is 0.917 bits per heavy atom.